The van der Waals surface area contributed by atoms with Crippen molar-refractivity contribution in [1.29, 1.82) is 0 Å². The van der Waals surface area contributed by atoms with Gasteiger partial charge in [-0.25, -0.2) is 0 Å². The highest BCUT2D eigenvalue weighted by Crippen LogP contribution is 2.40. The van der Waals surface area contributed by atoms with Gasteiger partial charge in [-0.1, -0.05) is 78.6 Å². The number of rotatable bonds is 8. The van der Waals surface area contributed by atoms with Crippen molar-refractivity contribution in [3.8, 4) is 0 Å². The minimum Gasteiger partial charge on any atom is -0.183 e. The molecule has 0 aromatic heterocycles. The summed E-state index contributed by atoms with van der Waals surface area (Å²) in [5, 5.41) is 0. The number of hydrogen-bond acceptors (Lipinski definition) is 0. The van der Waals surface area contributed by atoms with E-state index >= 15 is 0 Å². The van der Waals surface area contributed by atoms with Gasteiger partial charge in [0.25, 0.3) is 0 Å². The Morgan fingerprint density at radius 3 is 0.619 bits per heavy atom. The van der Waals surface area contributed by atoms with Crippen LogP contribution in [0.5, 0.6) is 0 Å². The molecule has 0 radical (unpaired) electrons. The normalized spacial score (nSPS) is 15.4. The van der Waals surface area contributed by atoms with Crippen molar-refractivity contribution in [3.05, 3.63) is 0 Å². The van der Waals surface area contributed by atoms with Crippen molar-refractivity contribution in [2.75, 3.05) is 0 Å². The molecule has 5 heteroatoms. The number of hydrogen-bond donors (Lipinski definition) is 0. The molecule has 0 spiro atoms. The summed E-state index contributed by atoms with van der Waals surface area (Å²) in [4.78, 5) is 0. The van der Waals surface area contributed by atoms with Crippen molar-refractivity contribution >= 4 is 38.4 Å². The van der Waals surface area contributed by atoms with Gasteiger partial charge in [0.2, 0.25) is 0 Å². The van der Waals surface area contributed by atoms with Crippen LogP contribution in [0.25, 0.3) is 0 Å². The molecule has 0 aromatic carbocycles. The van der Waals surface area contributed by atoms with Crippen molar-refractivity contribution < 1.29 is 0 Å². The molecule has 0 nitrogen and oxygen atoms in total. The lowest BCUT2D eigenvalue weighted by Crippen LogP contribution is -2.55. The lowest BCUT2D eigenvalue weighted by Gasteiger charge is -2.53. The molecule has 0 aliphatic carbocycles. The fraction of sp³-hybridized carbons (Fsp3) is 1.00. The van der Waals surface area contributed by atoms with Crippen LogP contribution >= 0.6 is 0 Å². The van der Waals surface area contributed by atoms with Gasteiger partial charge in [0.05, 0.1) is 0 Å². The van der Waals surface area contributed by atoms with Crippen LogP contribution in [-0.2, 0) is 0 Å². The molecule has 0 aliphatic rings. The summed E-state index contributed by atoms with van der Waals surface area (Å²) in [6, 6.07) is 0. The maximum Gasteiger partial charge on any atom is 0.00982 e. The molecule has 0 saturated heterocycles. The molecule has 0 aliphatic heterocycles. The van der Waals surface area contributed by atoms with Gasteiger partial charge in [0.15, 0.2) is 0 Å². The monoisotopic (exact) mass is 359 g/mol. The molecule has 0 atom stereocenters. The Labute approximate surface area is 140 Å². The predicted octanol–water partition coefficient (Wildman–Crippen LogP) is 6.94. The highest BCUT2D eigenvalue weighted by atomic mass is 28.3. The van der Waals surface area contributed by atoms with Crippen LogP contribution in [0.1, 0.15) is 0 Å². The minimum absolute atomic E-state index is 0.114. The highest BCUT2D eigenvalue weighted by molar-refractivity contribution is 7.12. The van der Waals surface area contributed by atoms with Gasteiger partial charge < -0.3 is 0 Å². The molecular formula is C16H44BSi4-. The van der Waals surface area contributed by atoms with Crippen molar-refractivity contribution in [2.45, 2.75) is 102 Å². The fourth-order valence-electron chi connectivity index (χ4n) is 5.63. The first-order valence-corrected chi connectivity index (χ1v) is 23.9. The van der Waals surface area contributed by atoms with Gasteiger partial charge in [-0.05, 0) is 6.15 Å². The molecule has 0 rings (SSSR count). The van der Waals surface area contributed by atoms with Crippen molar-refractivity contribution in [3.63, 3.8) is 0 Å². The first-order chi connectivity index (χ1) is 8.83. The second-order valence-corrected chi connectivity index (χ2v) is 34.9. The van der Waals surface area contributed by atoms with Gasteiger partial charge in [-0.2, -0.15) is 23.8 Å². The molecule has 128 valence electrons. The summed E-state index contributed by atoms with van der Waals surface area (Å²) in [6.45, 7) is 31.4. The summed E-state index contributed by atoms with van der Waals surface area (Å²) in [5.74, 6) is 6.52. The SMILES string of the molecule is C[Si](C)(C)C[B-](C[Si](C)(C)C)(C[Si](C)(C)C)C[Si](C)(C)C. The van der Waals surface area contributed by atoms with Crippen LogP contribution in [0, 0.1) is 0 Å². The Balaban J connectivity index is 5.70. The Bertz CT molecular complexity index is 257. The molecule has 0 fully saturated rings. The molecule has 21 heavy (non-hydrogen) atoms. The van der Waals surface area contributed by atoms with Crippen LogP contribution in [-0.4, -0.2) is 38.4 Å². The lowest BCUT2D eigenvalue weighted by atomic mass is 9.30. The van der Waals surface area contributed by atoms with Gasteiger partial charge in [0, 0.05) is 32.3 Å². The highest BCUT2D eigenvalue weighted by Gasteiger charge is 2.39. The van der Waals surface area contributed by atoms with Crippen LogP contribution in [0.3, 0.4) is 0 Å². The summed E-state index contributed by atoms with van der Waals surface area (Å²) in [7, 11) is -3.99. The van der Waals surface area contributed by atoms with Gasteiger partial charge in [0.1, 0.15) is 0 Å². The fourth-order valence-corrected chi connectivity index (χ4v) is 19.5. The van der Waals surface area contributed by atoms with Crippen LogP contribution in [0.15, 0.2) is 0 Å². The zero-order chi connectivity index (χ0) is 17.3. The maximum absolute atomic E-state index is 2.61. The maximum atomic E-state index is 2.61. The van der Waals surface area contributed by atoms with E-state index in [4.69, 9.17) is 0 Å². The van der Waals surface area contributed by atoms with E-state index in [0.29, 0.717) is 0 Å². The Morgan fingerprint density at radius 1 is 0.381 bits per heavy atom. The molecule has 0 amide bonds. The van der Waals surface area contributed by atoms with Gasteiger partial charge >= 0.3 is 0 Å². The molecule has 0 aromatic rings. The molecule has 0 saturated carbocycles. The van der Waals surface area contributed by atoms with Crippen LogP contribution < -0.4 is 0 Å². The van der Waals surface area contributed by atoms with E-state index < -0.39 is 32.3 Å². The van der Waals surface area contributed by atoms with E-state index in [2.05, 4.69) is 78.6 Å². The second kappa shape index (κ2) is 6.82. The molecule has 0 N–H and O–H groups in total. The second-order valence-electron chi connectivity index (χ2n) is 12.8. The average Bonchev–Trinajstić information content (AvgIpc) is 1.83. The van der Waals surface area contributed by atoms with Crippen molar-refractivity contribution in [2.24, 2.45) is 0 Å². The van der Waals surface area contributed by atoms with Gasteiger partial charge in [-0.3, -0.25) is 0 Å². The van der Waals surface area contributed by atoms with Crippen LogP contribution in [0.2, 0.25) is 102 Å². The third-order valence-electron chi connectivity index (χ3n) is 4.18. The van der Waals surface area contributed by atoms with E-state index in [1.54, 1.807) is 23.8 Å². The molecule has 0 unspecified atom stereocenters. The van der Waals surface area contributed by atoms with Crippen LogP contribution in [0.4, 0.5) is 0 Å². The zero-order valence-corrected chi connectivity index (χ0v) is 21.4. The third-order valence-corrected chi connectivity index (χ3v) is 12.5. The third kappa shape index (κ3) is 12.1. The van der Waals surface area contributed by atoms with E-state index in [-0.39, 0.29) is 6.15 Å². The molecular weight excluding hydrogens is 315 g/mol. The summed E-state index contributed by atoms with van der Waals surface area (Å²) in [5.41, 5.74) is 0. The summed E-state index contributed by atoms with van der Waals surface area (Å²) in [6.07, 6.45) is -0.114. The summed E-state index contributed by atoms with van der Waals surface area (Å²) >= 11 is 0. The van der Waals surface area contributed by atoms with E-state index in [0.717, 1.165) is 0 Å². The summed E-state index contributed by atoms with van der Waals surface area (Å²) < 4.78 is 0. The standard InChI is InChI=1S/C16H44BSi4/c1-18(2,3)13-17(14-19(4,5)6,15-20(7,8)9)16-21(10,11)12/h13-16H2,1-12H3/q-1. The largest absolute Gasteiger partial charge is 0.183 e. The first-order valence-electron chi connectivity index (χ1n) is 9.05. The Kier molecular flexibility index (Phi) is 7.12. The Hall–Kier alpha value is 0.932. The van der Waals surface area contributed by atoms with E-state index in [1.165, 1.54) is 0 Å². The average molecular weight is 360 g/mol. The quantitative estimate of drug-likeness (QED) is 0.411. The van der Waals surface area contributed by atoms with Crippen molar-refractivity contribution in [1.82, 2.24) is 0 Å². The zero-order valence-electron chi connectivity index (χ0n) is 17.4. The lowest BCUT2D eigenvalue weighted by molar-refractivity contribution is 1.34. The molecule has 0 heterocycles. The predicted molar refractivity (Wildman–Crippen MR) is 118 cm³/mol. The molecule has 0 bridgehead atoms. The Morgan fingerprint density at radius 2 is 0.524 bits per heavy atom. The van der Waals surface area contributed by atoms with E-state index in [9.17, 15) is 0 Å². The van der Waals surface area contributed by atoms with Gasteiger partial charge in [-0.15, -0.1) is 0 Å². The first kappa shape index (κ1) is 21.9. The topological polar surface area (TPSA) is 0 Å². The van der Waals surface area contributed by atoms with E-state index in [1.807, 2.05) is 0 Å². The smallest absolute Gasteiger partial charge is 0.00982 e. The minimum atomic E-state index is -0.997.